The van der Waals surface area contributed by atoms with Gasteiger partial charge in [0, 0.05) is 80.4 Å². The third-order valence-corrected chi connectivity index (χ3v) is 11.6. The van der Waals surface area contributed by atoms with Crippen LogP contribution >= 0.6 is 0 Å². The number of rotatable bonds is 3. The normalized spacial score (nSPS) is 33.3. The van der Waals surface area contributed by atoms with Crippen LogP contribution in [0.25, 0.3) is 10.8 Å². The number of phenolic OH excluding ortho intramolecular Hbond substituents is 3. The highest BCUT2D eigenvalue weighted by Crippen LogP contribution is 2.55. The molecular weight excluding hydrogens is 724 g/mol. The van der Waals surface area contributed by atoms with E-state index in [0.29, 0.717) is 13.1 Å². The summed E-state index contributed by atoms with van der Waals surface area (Å²) >= 11 is 0. The van der Waals surface area contributed by atoms with Gasteiger partial charge in [0.25, 0.3) is 11.7 Å². The van der Waals surface area contributed by atoms with Gasteiger partial charge in [0.15, 0.2) is 5.75 Å². The summed E-state index contributed by atoms with van der Waals surface area (Å²) in [5.41, 5.74) is -0.290. The van der Waals surface area contributed by atoms with E-state index in [1.54, 1.807) is 44.9 Å². The molecule has 0 spiro atoms. The minimum atomic E-state index is -2.01. The Labute approximate surface area is 327 Å². The average molecular weight is 781 g/mol. The molecule has 4 aliphatic rings. The summed E-state index contributed by atoms with van der Waals surface area (Å²) in [7, 11) is 3.43. The summed E-state index contributed by atoms with van der Waals surface area (Å²) in [5.74, 6) is -7.59. The van der Waals surface area contributed by atoms with Gasteiger partial charge < -0.3 is 55.1 Å². The highest BCUT2D eigenvalue weighted by molar-refractivity contribution is 6.23. The molecule has 15 nitrogen and oxygen atoms in total. The first-order valence-electron chi connectivity index (χ1n) is 18.9. The Bertz CT molecular complexity index is 1950. The molecule has 4 heterocycles. The number of likely N-dealkylation sites (N-methyl/N-ethyl adjacent to an activating group) is 1. The van der Waals surface area contributed by atoms with Crippen molar-refractivity contribution in [3.05, 3.63) is 52.8 Å². The molecule has 306 valence electrons. The summed E-state index contributed by atoms with van der Waals surface area (Å²) in [6.45, 7) is 13.8. The molecule has 2 aromatic rings. The van der Waals surface area contributed by atoms with Crippen LogP contribution in [-0.2, 0) is 14.3 Å². The van der Waals surface area contributed by atoms with E-state index in [1.165, 1.54) is 52.5 Å². The van der Waals surface area contributed by atoms with Crippen LogP contribution in [0.2, 0.25) is 0 Å². The van der Waals surface area contributed by atoms with Gasteiger partial charge in [-0.1, -0.05) is 45.9 Å². The smallest absolute Gasteiger partial charge is 0.312 e. The van der Waals surface area contributed by atoms with Gasteiger partial charge in [-0.25, -0.2) is 0 Å². The average Bonchev–Trinajstić information content (AvgIpc) is 3.44. The zero-order chi connectivity index (χ0) is 41.4. The predicted molar refractivity (Wildman–Crippen MR) is 211 cm³/mol. The van der Waals surface area contributed by atoms with Gasteiger partial charge >= 0.3 is 5.79 Å². The van der Waals surface area contributed by atoms with Gasteiger partial charge in [-0.05, 0) is 27.0 Å². The predicted octanol–water partition coefficient (Wildman–Crippen LogP) is 3.76. The second-order valence-electron chi connectivity index (χ2n) is 15.5. The minimum absolute atomic E-state index is 0.0688. The summed E-state index contributed by atoms with van der Waals surface area (Å²) in [4.78, 5) is 30.1. The second kappa shape index (κ2) is 16.8. The molecule has 1 saturated heterocycles. The number of phenols is 3. The lowest BCUT2D eigenvalue weighted by Crippen LogP contribution is -2.44. The van der Waals surface area contributed by atoms with Gasteiger partial charge in [0.1, 0.15) is 17.2 Å². The molecule has 1 amide bonds. The summed E-state index contributed by atoms with van der Waals surface area (Å²) < 4.78 is 17.7. The van der Waals surface area contributed by atoms with E-state index >= 15 is 0 Å². The lowest BCUT2D eigenvalue weighted by Gasteiger charge is -2.36. The number of hydrazone groups is 1. The van der Waals surface area contributed by atoms with Crippen molar-refractivity contribution < 1.29 is 54.4 Å². The topological polar surface area (TPSA) is 214 Å². The maximum atomic E-state index is 14.3. The first-order valence-corrected chi connectivity index (χ1v) is 18.9. The number of amides is 1. The molecule has 2 aromatic carbocycles. The van der Waals surface area contributed by atoms with Crippen molar-refractivity contribution >= 4 is 34.4 Å². The molecule has 0 radical (unpaired) electrons. The largest absolute Gasteiger partial charge is 0.507 e. The van der Waals surface area contributed by atoms with Crippen molar-refractivity contribution in [3.63, 3.8) is 0 Å². The number of benzene rings is 2. The number of aromatic hydroxyl groups is 3. The molecule has 15 heteroatoms. The fourth-order valence-corrected chi connectivity index (χ4v) is 7.53. The van der Waals surface area contributed by atoms with Gasteiger partial charge in [0.05, 0.1) is 59.1 Å². The Morgan fingerprint density at radius 3 is 2.16 bits per heavy atom. The van der Waals surface area contributed by atoms with Crippen LogP contribution in [0.15, 0.2) is 41.2 Å². The number of piperazine rings is 1. The number of allylic oxidation sites excluding steroid dienone is 2. The quantitative estimate of drug-likeness (QED) is 0.134. The number of ketones is 1. The summed E-state index contributed by atoms with van der Waals surface area (Å²) in [6, 6.07) is 0. The number of carbonyl (C=O) groups is 2. The Hall–Kier alpha value is -4.67. The van der Waals surface area contributed by atoms with Gasteiger partial charge in [-0.3, -0.25) is 14.6 Å². The van der Waals surface area contributed by atoms with E-state index in [1.807, 2.05) is 7.05 Å². The van der Waals surface area contributed by atoms with Crippen LogP contribution < -0.4 is 10.1 Å². The molecular formula is C41H56N4O11. The standard InChI is InChI=1S/C41H56N4O11/c1-20-11-10-12-21(2)40(53)43-31-26(19-42-45-16-14-44(8)15-17-45)36(50)28-29(37(31)51)35(49)25(6)38-30(28)39(52)41(7,56-38)55-18-13-27(54-9)22(3)33(47)24(5)34(48)23(4)32(20)46/h10-13,18-20,22-24,27,32-34,46-51H,14-17H2,1-9H3,(H,43,53)/b11-10-,18-13-,21-12-,42-19?/t20-,22-,23+,24-,27-,32-,33+,34+,41-/m0/s1. The second-order valence-corrected chi connectivity index (χ2v) is 15.5. The molecule has 7 N–H and O–H groups in total. The van der Waals surface area contributed by atoms with Crippen molar-refractivity contribution in [3.8, 4) is 23.0 Å². The summed E-state index contributed by atoms with van der Waals surface area (Å²) in [6.07, 6.45) is 4.79. The Morgan fingerprint density at radius 2 is 1.52 bits per heavy atom. The first-order chi connectivity index (χ1) is 26.3. The van der Waals surface area contributed by atoms with Crippen molar-refractivity contribution in [2.24, 2.45) is 28.8 Å². The third-order valence-electron chi connectivity index (χ3n) is 11.6. The minimum Gasteiger partial charge on any atom is -0.507 e. The maximum Gasteiger partial charge on any atom is 0.312 e. The summed E-state index contributed by atoms with van der Waals surface area (Å²) in [5, 5.41) is 77.6. The molecule has 56 heavy (non-hydrogen) atoms. The SMILES string of the molecule is CO[C@H]1/C=C\O[C@@]2(C)Oc3c(C)c(O)c4c(O)c(c(C=NN5CCN(C)CC5)c(O)c4c3C2=O)NC(=O)/C(C)=C\C=C/[C@H](C)[C@H](O)[C@@H](C)[C@@H](O)[C@@H](C)[C@H](O)[C@H]1C. The van der Waals surface area contributed by atoms with Crippen LogP contribution in [-0.4, -0.2) is 129 Å². The number of nitrogens with zero attached hydrogens (tertiary/aromatic N) is 3. The van der Waals surface area contributed by atoms with Crippen molar-refractivity contribution in [2.75, 3.05) is 45.7 Å². The molecule has 5 bridgehead atoms. The molecule has 1 fully saturated rings. The highest BCUT2D eigenvalue weighted by atomic mass is 16.7. The lowest BCUT2D eigenvalue weighted by molar-refractivity contribution is -0.112. The highest BCUT2D eigenvalue weighted by Gasteiger charge is 2.50. The number of aliphatic hydroxyl groups excluding tert-OH is 3. The van der Waals surface area contributed by atoms with Crippen molar-refractivity contribution in [2.45, 2.75) is 78.7 Å². The van der Waals surface area contributed by atoms with Crippen molar-refractivity contribution in [1.82, 2.24) is 9.91 Å². The molecule has 0 unspecified atom stereocenters. The monoisotopic (exact) mass is 780 g/mol. The van der Waals surface area contributed by atoms with Gasteiger partial charge in [-0.15, -0.1) is 0 Å². The zero-order valence-corrected chi connectivity index (χ0v) is 33.5. The first kappa shape index (κ1) is 42.5. The van der Waals surface area contributed by atoms with E-state index in [0.717, 1.165) is 13.1 Å². The number of hydrogen-bond donors (Lipinski definition) is 7. The van der Waals surface area contributed by atoms with Crippen molar-refractivity contribution in [1.29, 1.82) is 0 Å². The Morgan fingerprint density at radius 1 is 0.893 bits per heavy atom. The molecule has 9 atom stereocenters. The molecule has 0 saturated carbocycles. The number of anilines is 1. The Balaban J connectivity index is 1.70. The number of nitrogens with one attached hydrogen (secondary N) is 1. The number of fused-ring (bicyclic) bond motifs is 14. The van der Waals surface area contributed by atoms with E-state index in [9.17, 15) is 40.2 Å². The van der Waals surface area contributed by atoms with Crippen LogP contribution in [0.1, 0.15) is 63.0 Å². The molecule has 0 aromatic heterocycles. The number of ether oxygens (including phenoxy) is 3. The van der Waals surface area contributed by atoms with E-state index in [2.05, 4.69) is 15.3 Å². The third kappa shape index (κ3) is 7.96. The van der Waals surface area contributed by atoms with Crippen LogP contribution in [0, 0.1) is 30.6 Å². The zero-order valence-electron chi connectivity index (χ0n) is 33.5. The van der Waals surface area contributed by atoms with Crippen LogP contribution in [0.5, 0.6) is 23.0 Å². The molecule has 4 aliphatic heterocycles. The van der Waals surface area contributed by atoms with Crippen LogP contribution in [0.4, 0.5) is 5.69 Å². The van der Waals surface area contributed by atoms with E-state index in [4.69, 9.17) is 14.2 Å². The van der Waals surface area contributed by atoms with Gasteiger partial charge in [-0.2, -0.15) is 5.10 Å². The molecule has 0 aliphatic carbocycles. The number of Topliss-reactive ketones (excluding diaryl/α,β-unsaturated/α-hetero) is 1. The van der Waals surface area contributed by atoms with Crippen LogP contribution in [0.3, 0.4) is 0 Å². The maximum absolute atomic E-state index is 14.3. The van der Waals surface area contributed by atoms with E-state index in [-0.39, 0.29) is 44.5 Å². The fourth-order valence-electron chi connectivity index (χ4n) is 7.53. The lowest BCUT2D eigenvalue weighted by atomic mass is 9.78. The molecule has 6 rings (SSSR count). The number of aliphatic hydroxyl groups is 3. The number of hydrogen-bond acceptors (Lipinski definition) is 14. The fraction of sp³-hybridized carbons (Fsp3) is 0.537. The number of carbonyl (C=O) groups excluding carboxylic acids is 2. The van der Waals surface area contributed by atoms with E-state index < -0.39 is 82.8 Å². The van der Waals surface area contributed by atoms with Gasteiger partial charge in [0.2, 0.25) is 0 Å². The number of methoxy groups -OCH3 is 1. The Kier molecular flexibility index (Phi) is 12.8.